The lowest BCUT2D eigenvalue weighted by atomic mass is 9.94. The smallest absolute Gasteiger partial charge is 0.316 e. The Morgan fingerprint density at radius 1 is 1.19 bits per heavy atom. The molecule has 0 radical (unpaired) electrons. The first-order chi connectivity index (χ1) is 13.2. The molecular weight excluding hydrogens is 344 g/mol. The van der Waals surface area contributed by atoms with E-state index in [1.807, 2.05) is 23.1 Å². The topological polar surface area (TPSA) is 97.0 Å². The molecule has 2 aromatic heterocycles. The molecule has 138 valence electrons. The van der Waals surface area contributed by atoms with Gasteiger partial charge < -0.3 is 14.6 Å². The monoisotopic (exact) mass is 364 g/mol. The number of carbonyl (C=O) groups excluding carboxylic acids is 1. The Labute approximate surface area is 156 Å². The second-order valence-corrected chi connectivity index (χ2v) is 7.44. The van der Waals surface area contributed by atoms with Crippen molar-refractivity contribution in [2.75, 3.05) is 25.0 Å². The van der Waals surface area contributed by atoms with Crippen LogP contribution in [0.5, 0.6) is 0 Å². The SMILES string of the molecule is O=C(CNc1nnc(-c2ccc3ncncc3c2)o1)N1CCC2(CC1)CC2. The molecule has 0 atom stereocenters. The lowest BCUT2D eigenvalue weighted by Gasteiger charge is -2.32. The highest BCUT2D eigenvalue weighted by molar-refractivity contribution is 5.82. The van der Waals surface area contributed by atoms with E-state index < -0.39 is 0 Å². The molecule has 1 N–H and O–H groups in total. The Hall–Kier alpha value is -3.03. The van der Waals surface area contributed by atoms with Crippen LogP contribution in [0, 0.1) is 5.41 Å². The maximum absolute atomic E-state index is 12.4. The molecule has 1 aromatic carbocycles. The van der Waals surface area contributed by atoms with Crippen molar-refractivity contribution in [2.45, 2.75) is 25.7 Å². The quantitative estimate of drug-likeness (QED) is 0.759. The van der Waals surface area contributed by atoms with Crippen molar-refractivity contribution >= 4 is 22.8 Å². The van der Waals surface area contributed by atoms with Gasteiger partial charge in [-0.2, -0.15) is 0 Å². The molecule has 2 aliphatic rings. The zero-order valence-corrected chi connectivity index (χ0v) is 14.9. The lowest BCUT2D eigenvalue weighted by Crippen LogP contribution is -2.41. The van der Waals surface area contributed by atoms with E-state index in [9.17, 15) is 4.79 Å². The van der Waals surface area contributed by atoms with Crippen LogP contribution in [0.15, 0.2) is 35.1 Å². The number of benzene rings is 1. The molecule has 8 nitrogen and oxygen atoms in total. The van der Waals surface area contributed by atoms with Crippen LogP contribution >= 0.6 is 0 Å². The summed E-state index contributed by atoms with van der Waals surface area (Å²) in [5.74, 6) is 0.470. The van der Waals surface area contributed by atoms with E-state index in [1.165, 1.54) is 19.2 Å². The summed E-state index contributed by atoms with van der Waals surface area (Å²) < 4.78 is 5.65. The molecule has 2 fully saturated rings. The minimum atomic E-state index is 0.0769. The molecule has 27 heavy (non-hydrogen) atoms. The fraction of sp³-hybridized carbons (Fsp3) is 0.421. The number of anilines is 1. The number of rotatable bonds is 4. The van der Waals surface area contributed by atoms with Crippen LogP contribution in [0.3, 0.4) is 0 Å². The Balaban J connectivity index is 1.22. The third-order valence-electron chi connectivity index (χ3n) is 5.70. The Morgan fingerprint density at radius 3 is 2.85 bits per heavy atom. The van der Waals surface area contributed by atoms with Gasteiger partial charge in [0, 0.05) is 30.2 Å². The van der Waals surface area contributed by atoms with Gasteiger partial charge in [0.25, 0.3) is 0 Å². The molecule has 5 rings (SSSR count). The highest BCUT2D eigenvalue weighted by Crippen LogP contribution is 2.53. The van der Waals surface area contributed by atoms with E-state index in [4.69, 9.17) is 4.42 Å². The van der Waals surface area contributed by atoms with Gasteiger partial charge in [-0.25, -0.2) is 9.97 Å². The maximum atomic E-state index is 12.4. The number of hydrogen-bond acceptors (Lipinski definition) is 7. The van der Waals surface area contributed by atoms with Gasteiger partial charge in [0.1, 0.15) is 6.33 Å². The van der Waals surface area contributed by atoms with Crippen molar-refractivity contribution in [1.29, 1.82) is 0 Å². The van der Waals surface area contributed by atoms with Gasteiger partial charge >= 0.3 is 6.01 Å². The van der Waals surface area contributed by atoms with Crippen molar-refractivity contribution in [3.63, 3.8) is 0 Å². The summed E-state index contributed by atoms with van der Waals surface area (Å²) in [5, 5.41) is 11.9. The first-order valence-electron chi connectivity index (χ1n) is 9.26. The number of fused-ring (bicyclic) bond motifs is 1. The van der Waals surface area contributed by atoms with E-state index in [1.54, 1.807) is 6.20 Å². The predicted molar refractivity (Wildman–Crippen MR) is 98.8 cm³/mol. The number of nitrogens with zero attached hydrogens (tertiary/aromatic N) is 5. The van der Waals surface area contributed by atoms with Crippen LogP contribution in [-0.4, -0.2) is 50.6 Å². The number of hydrogen-bond donors (Lipinski definition) is 1. The predicted octanol–water partition coefficient (Wildman–Crippen LogP) is 2.49. The van der Waals surface area contributed by atoms with Gasteiger partial charge in [-0.15, -0.1) is 5.10 Å². The van der Waals surface area contributed by atoms with E-state index in [2.05, 4.69) is 25.5 Å². The normalized spacial score (nSPS) is 18.0. The first kappa shape index (κ1) is 16.2. The van der Waals surface area contributed by atoms with Crippen LogP contribution in [0.4, 0.5) is 6.01 Å². The Kier molecular flexibility index (Phi) is 3.77. The standard InChI is InChI=1S/C19H20N6O2/c26-16(25-7-5-19(3-4-19)6-8-25)11-21-18-24-23-17(27-18)13-1-2-15-14(9-13)10-20-12-22-15/h1-2,9-10,12H,3-8,11H2,(H,21,24). The average Bonchev–Trinajstić information content (AvgIpc) is 3.29. The summed E-state index contributed by atoms with van der Waals surface area (Å²) in [6.45, 7) is 1.88. The van der Waals surface area contributed by atoms with E-state index >= 15 is 0 Å². The van der Waals surface area contributed by atoms with Crippen LogP contribution in [0.1, 0.15) is 25.7 Å². The summed E-state index contributed by atoms with van der Waals surface area (Å²) >= 11 is 0. The maximum Gasteiger partial charge on any atom is 0.316 e. The van der Waals surface area contributed by atoms with Gasteiger partial charge in [-0.1, -0.05) is 5.10 Å². The average molecular weight is 364 g/mol. The number of aromatic nitrogens is 4. The number of piperidine rings is 1. The molecule has 3 aromatic rings. The summed E-state index contributed by atoms with van der Waals surface area (Å²) in [6, 6.07) is 5.91. The van der Waals surface area contributed by atoms with Crippen molar-refractivity contribution in [3.05, 3.63) is 30.7 Å². The third-order valence-corrected chi connectivity index (χ3v) is 5.70. The largest absolute Gasteiger partial charge is 0.403 e. The fourth-order valence-corrected chi connectivity index (χ4v) is 3.70. The zero-order valence-electron chi connectivity index (χ0n) is 14.9. The molecule has 8 heteroatoms. The Bertz CT molecular complexity index is 987. The molecule has 1 saturated carbocycles. The highest BCUT2D eigenvalue weighted by atomic mass is 16.4. The fourth-order valence-electron chi connectivity index (χ4n) is 3.70. The first-order valence-corrected chi connectivity index (χ1v) is 9.26. The van der Waals surface area contributed by atoms with E-state index in [0.29, 0.717) is 11.3 Å². The highest BCUT2D eigenvalue weighted by Gasteiger charge is 2.44. The second-order valence-electron chi connectivity index (χ2n) is 7.44. The van der Waals surface area contributed by atoms with Crippen LogP contribution in [-0.2, 0) is 4.79 Å². The van der Waals surface area contributed by atoms with E-state index in [0.717, 1.165) is 42.4 Å². The summed E-state index contributed by atoms with van der Waals surface area (Å²) in [6.07, 6.45) is 8.19. The third kappa shape index (κ3) is 3.22. The van der Waals surface area contributed by atoms with Crippen LogP contribution < -0.4 is 5.32 Å². The molecule has 1 aliphatic heterocycles. The minimum absolute atomic E-state index is 0.0769. The molecule has 0 unspecified atom stereocenters. The van der Waals surface area contributed by atoms with Crippen molar-refractivity contribution in [3.8, 4) is 11.5 Å². The van der Waals surface area contributed by atoms with Gasteiger partial charge in [0.15, 0.2) is 0 Å². The second kappa shape index (κ2) is 6.29. The molecule has 1 saturated heterocycles. The Morgan fingerprint density at radius 2 is 2.04 bits per heavy atom. The lowest BCUT2D eigenvalue weighted by molar-refractivity contribution is -0.130. The number of amides is 1. The van der Waals surface area contributed by atoms with Crippen LogP contribution in [0.25, 0.3) is 22.4 Å². The molecular formula is C19H20N6O2. The number of likely N-dealkylation sites (tertiary alicyclic amines) is 1. The van der Waals surface area contributed by atoms with Crippen molar-refractivity contribution < 1.29 is 9.21 Å². The van der Waals surface area contributed by atoms with Gasteiger partial charge in [0.05, 0.1) is 12.1 Å². The van der Waals surface area contributed by atoms with Crippen molar-refractivity contribution in [2.24, 2.45) is 5.41 Å². The van der Waals surface area contributed by atoms with Gasteiger partial charge in [-0.3, -0.25) is 4.79 Å². The van der Waals surface area contributed by atoms with E-state index in [-0.39, 0.29) is 18.5 Å². The molecule has 1 spiro atoms. The zero-order chi connectivity index (χ0) is 18.3. The number of nitrogens with one attached hydrogen (secondary N) is 1. The van der Waals surface area contributed by atoms with Gasteiger partial charge in [0.2, 0.25) is 11.8 Å². The molecule has 1 aliphatic carbocycles. The summed E-state index contributed by atoms with van der Waals surface area (Å²) in [4.78, 5) is 22.5. The minimum Gasteiger partial charge on any atom is -0.403 e. The van der Waals surface area contributed by atoms with Gasteiger partial charge in [-0.05, 0) is 49.3 Å². The summed E-state index contributed by atoms with van der Waals surface area (Å²) in [7, 11) is 0. The van der Waals surface area contributed by atoms with Crippen LogP contribution in [0.2, 0.25) is 0 Å². The molecule has 0 bridgehead atoms. The van der Waals surface area contributed by atoms with Crippen molar-refractivity contribution in [1.82, 2.24) is 25.1 Å². The molecule has 3 heterocycles. The summed E-state index contributed by atoms with van der Waals surface area (Å²) in [5.41, 5.74) is 2.21. The molecule has 1 amide bonds. The number of carbonyl (C=O) groups is 1.